The van der Waals surface area contributed by atoms with Crippen molar-refractivity contribution in [1.29, 1.82) is 0 Å². The van der Waals surface area contributed by atoms with Crippen LogP contribution in [0.1, 0.15) is 41.4 Å². The molecule has 158 valence electrons. The van der Waals surface area contributed by atoms with Crippen LogP contribution in [-0.2, 0) is 25.5 Å². The summed E-state index contributed by atoms with van der Waals surface area (Å²) in [4.78, 5) is 38.6. The lowest BCUT2D eigenvalue weighted by Gasteiger charge is -2.24. The number of fused-ring (bicyclic) bond motifs is 1. The predicted octanol–water partition coefficient (Wildman–Crippen LogP) is 2.64. The molecule has 0 radical (unpaired) electrons. The Morgan fingerprint density at radius 3 is 2.43 bits per heavy atom. The number of aryl methyl sites for hydroxylation is 1. The number of hydrogen-bond acceptors (Lipinski definition) is 6. The molecule has 0 aromatic heterocycles. The zero-order valence-electron chi connectivity index (χ0n) is 17.4. The van der Waals surface area contributed by atoms with Crippen LogP contribution in [0.15, 0.2) is 42.5 Å². The number of methoxy groups -OCH3 is 1. The topological polar surface area (TPSA) is 98.9 Å². The number of carbonyl (C=O) groups is 3. The molecule has 30 heavy (non-hydrogen) atoms. The van der Waals surface area contributed by atoms with Crippen LogP contribution in [0.3, 0.4) is 0 Å². The first-order chi connectivity index (χ1) is 14.3. The normalized spacial score (nSPS) is 16.2. The van der Waals surface area contributed by atoms with E-state index in [4.69, 9.17) is 15.2 Å². The van der Waals surface area contributed by atoms with Gasteiger partial charge in [-0.05, 0) is 60.2 Å². The number of nitrogens with two attached hydrogens (primary N) is 1. The monoisotopic (exact) mass is 410 g/mol. The number of nitrogen functional groups attached to an aromatic ring is 1. The van der Waals surface area contributed by atoms with Crippen LogP contribution in [-0.4, -0.2) is 44.0 Å². The fraction of sp³-hybridized carbons (Fsp3) is 0.348. The first kappa shape index (κ1) is 21.4. The van der Waals surface area contributed by atoms with Gasteiger partial charge in [0.1, 0.15) is 5.75 Å². The van der Waals surface area contributed by atoms with E-state index in [9.17, 15) is 14.4 Å². The number of anilines is 1. The van der Waals surface area contributed by atoms with Gasteiger partial charge in [-0.2, -0.15) is 0 Å². The van der Waals surface area contributed by atoms with Crippen LogP contribution < -0.4 is 10.5 Å². The Morgan fingerprint density at radius 2 is 1.80 bits per heavy atom. The number of ether oxygens (including phenoxy) is 2. The van der Waals surface area contributed by atoms with E-state index in [0.29, 0.717) is 23.4 Å². The summed E-state index contributed by atoms with van der Waals surface area (Å²) in [5, 5.41) is 0. The van der Waals surface area contributed by atoms with Crippen molar-refractivity contribution in [2.24, 2.45) is 0 Å². The highest BCUT2D eigenvalue weighted by Crippen LogP contribution is 2.34. The molecule has 2 unspecified atom stereocenters. The molecular formula is C23H26N2O5. The minimum absolute atomic E-state index is 0.344. The number of esters is 2. The lowest BCUT2D eigenvalue weighted by molar-refractivity contribution is -0.148. The van der Waals surface area contributed by atoms with E-state index < -0.39 is 11.9 Å². The van der Waals surface area contributed by atoms with E-state index in [1.807, 2.05) is 18.2 Å². The van der Waals surface area contributed by atoms with Gasteiger partial charge in [-0.3, -0.25) is 14.4 Å². The Balaban J connectivity index is 1.78. The van der Waals surface area contributed by atoms with Crippen LogP contribution in [0, 0.1) is 0 Å². The van der Waals surface area contributed by atoms with Crippen LogP contribution in [0.25, 0.3) is 0 Å². The molecule has 2 aromatic rings. The molecule has 3 rings (SSSR count). The second-order valence-electron chi connectivity index (χ2n) is 7.58. The van der Waals surface area contributed by atoms with Crippen molar-refractivity contribution in [1.82, 2.24) is 4.90 Å². The van der Waals surface area contributed by atoms with Gasteiger partial charge in [-0.1, -0.05) is 18.2 Å². The van der Waals surface area contributed by atoms with E-state index >= 15 is 0 Å². The summed E-state index contributed by atoms with van der Waals surface area (Å²) in [6, 6.07) is 12.0. The number of likely N-dealkylation sites (N-methyl/N-ethyl adjacent to an activating group) is 1. The third-order valence-electron chi connectivity index (χ3n) is 5.33. The molecule has 0 saturated heterocycles. The van der Waals surface area contributed by atoms with Crippen molar-refractivity contribution in [3.63, 3.8) is 0 Å². The molecule has 0 fully saturated rings. The number of benzene rings is 2. The molecule has 1 amide bonds. The lowest BCUT2D eigenvalue weighted by atomic mass is 9.82. The van der Waals surface area contributed by atoms with Gasteiger partial charge < -0.3 is 20.1 Å². The van der Waals surface area contributed by atoms with Crippen molar-refractivity contribution < 1.29 is 23.9 Å². The first-order valence-electron chi connectivity index (χ1n) is 9.80. The molecule has 0 aliphatic heterocycles. The second kappa shape index (κ2) is 8.98. The summed E-state index contributed by atoms with van der Waals surface area (Å²) in [5.41, 5.74) is 9.04. The molecular weight excluding hydrogens is 384 g/mol. The van der Waals surface area contributed by atoms with Gasteiger partial charge in [0, 0.05) is 19.8 Å². The van der Waals surface area contributed by atoms with Gasteiger partial charge >= 0.3 is 11.9 Å². The molecule has 0 saturated carbocycles. The molecule has 0 heterocycles. The lowest BCUT2D eigenvalue weighted by Crippen LogP contribution is -2.33. The molecule has 7 nitrogen and oxygen atoms in total. The molecule has 0 bridgehead atoms. The van der Waals surface area contributed by atoms with E-state index in [0.717, 1.165) is 24.0 Å². The fourth-order valence-electron chi connectivity index (χ4n) is 3.73. The fourth-order valence-corrected chi connectivity index (χ4v) is 3.73. The van der Waals surface area contributed by atoms with Crippen LogP contribution in [0.2, 0.25) is 0 Å². The summed E-state index contributed by atoms with van der Waals surface area (Å²) in [5.74, 6) is -2.46. The molecule has 2 aromatic carbocycles. The molecule has 2 atom stereocenters. The Bertz CT molecular complexity index is 953. The average Bonchev–Trinajstić information content (AvgIpc) is 2.74. The highest BCUT2D eigenvalue weighted by molar-refractivity contribution is 6.03. The third kappa shape index (κ3) is 4.45. The Kier molecular flexibility index (Phi) is 6.40. The summed E-state index contributed by atoms with van der Waals surface area (Å²) in [6.45, 7) is 0. The minimum atomic E-state index is -1.07. The van der Waals surface area contributed by atoms with Crippen LogP contribution in [0.5, 0.6) is 5.75 Å². The zero-order valence-corrected chi connectivity index (χ0v) is 17.4. The van der Waals surface area contributed by atoms with Crippen molar-refractivity contribution in [3.8, 4) is 5.75 Å². The predicted molar refractivity (Wildman–Crippen MR) is 112 cm³/mol. The van der Waals surface area contributed by atoms with Gasteiger partial charge in [0.2, 0.25) is 5.91 Å². The maximum Gasteiger partial charge on any atom is 0.322 e. The van der Waals surface area contributed by atoms with E-state index in [-0.39, 0.29) is 17.8 Å². The van der Waals surface area contributed by atoms with Gasteiger partial charge in [0.25, 0.3) is 0 Å². The van der Waals surface area contributed by atoms with Crippen molar-refractivity contribution in [3.05, 3.63) is 59.2 Å². The van der Waals surface area contributed by atoms with E-state index in [1.165, 1.54) is 12.0 Å². The summed E-state index contributed by atoms with van der Waals surface area (Å²) in [7, 11) is 4.38. The summed E-state index contributed by atoms with van der Waals surface area (Å²) < 4.78 is 10.4. The Hall–Kier alpha value is -3.35. The SMILES string of the molecule is COC(=O)C(C(=O)N(C)C)c1ccc(OC(=O)C2CCCc3ccc(N)cc32)cc1. The minimum Gasteiger partial charge on any atom is -0.468 e. The van der Waals surface area contributed by atoms with Gasteiger partial charge in [-0.25, -0.2) is 0 Å². The van der Waals surface area contributed by atoms with Gasteiger partial charge in [0.15, 0.2) is 5.92 Å². The van der Waals surface area contributed by atoms with Crippen LogP contribution in [0.4, 0.5) is 5.69 Å². The van der Waals surface area contributed by atoms with Crippen molar-refractivity contribution >= 4 is 23.5 Å². The number of nitrogens with zero attached hydrogens (tertiary/aromatic N) is 1. The van der Waals surface area contributed by atoms with Gasteiger partial charge in [-0.15, -0.1) is 0 Å². The molecule has 1 aliphatic rings. The van der Waals surface area contributed by atoms with E-state index in [2.05, 4.69) is 0 Å². The zero-order chi connectivity index (χ0) is 21.8. The summed E-state index contributed by atoms with van der Waals surface area (Å²) >= 11 is 0. The summed E-state index contributed by atoms with van der Waals surface area (Å²) in [6.07, 6.45) is 2.53. The molecule has 0 spiro atoms. The average molecular weight is 410 g/mol. The maximum absolute atomic E-state index is 12.8. The molecule has 1 aliphatic carbocycles. The highest BCUT2D eigenvalue weighted by atomic mass is 16.5. The van der Waals surface area contributed by atoms with Crippen molar-refractivity contribution in [2.75, 3.05) is 26.9 Å². The first-order valence-corrected chi connectivity index (χ1v) is 9.80. The van der Waals surface area contributed by atoms with Crippen molar-refractivity contribution in [2.45, 2.75) is 31.1 Å². The molecule has 2 N–H and O–H groups in total. The standard InChI is InChI=1S/C23H26N2O5/c1-25(2)21(26)20(23(28)29-3)15-8-11-17(12-9-15)30-22(27)18-6-4-5-14-7-10-16(24)13-19(14)18/h7-13,18,20H,4-6,24H2,1-3H3. The maximum atomic E-state index is 12.8. The Morgan fingerprint density at radius 1 is 1.10 bits per heavy atom. The Labute approximate surface area is 175 Å². The quantitative estimate of drug-likeness (QED) is 0.352. The number of hydrogen-bond donors (Lipinski definition) is 1. The van der Waals surface area contributed by atoms with Gasteiger partial charge in [0.05, 0.1) is 13.0 Å². The van der Waals surface area contributed by atoms with Crippen LogP contribution >= 0.6 is 0 Å². The van der Waals surface area contributed by atoms with E-state index in [1.54, 1.807) is 38.4 Å². The smallest absolute Gasteiger partial charge is 0.322 e. The molecule has 7 heteroatoms. The highest BCUT2D eigenvalue weighted by Gasteiger charge is 2.31. The second-order valence-corrected chi connectivity index (χ2v) is 7.58. The number of carbonyl (C=O) groups excluding carboxylic acids is 3. The number of amides is 1. The third-order valence-corrected chi connectivity index (χ3v) is 5.33. The number of rotatable bonds is 5. The largest absolute Gasteiger partial charge is 0.468 e.